The predicted molar refractivity (Wildman–Crippen MR) is 123 cm³/mol. The molecule has 0 unspecified atom stereocenters. The zero-order valence-electron chi connectivity index (χ0n) is 16.4. The Morgan fingerprint density at radius 1 is 1.09 bits per heavy atom. The van der Waals surface area contributed by atoms with Gasteiger partial charge in [-0.3, -0.25) is 14.9 Å². The van der Waals surface area contributed by atoms with E-state index in [1.165, 1.54) is 18.2 Å². The number of nitro groups is 1. The molecule has 32 heavy (non-hydrogen) atoms. The van der Waals surface area contributed by atoms with Gasteiger partial charge in [-0.25, -0.2) is 0 Å². The Labute approximate surface area is 193 Å². The normalized spacial score (nSPS) is 10.8. The van der Waals surface area contributed by atoms with Crippen molar-refractivity contribution in [2.75, 3.05) is 5.32 Å². The van der Waals surface area contributed by atoms with E-state index in [2.05, 4.69) is 5.32 Å². The number of hydrogen-bond donors (Lipinski definition) is 1. The lowest BCUT2D eigenvalue weighted by Crippen LogP contribution is -2.13. The van der Waals surface area contributed by atoms with Crippen molar-refractivity contribution in [1.82, 2.24) is 0 Å². The van der Waals surface area contributed by atoms with E-state index in [1.807, 2.05) is 18.2 Å². The lowest BCUT2D eigenvalue weighted by Gasteiger charge is -2.07. The number of rotatable bonds is 7. The fourth-order valence-corrected chi connectivity index (χ4v) is 2.96. The van der Waals surface area contributed by atoms with Gasteiger partial charge < -0.3 is 10.1 Å². The maximum atomic E-state index is 12.4. The molecule has 0 atom stereocenters. The Morgan fingerprint density at radius 2 is 1.78 bits per heavy atom. The van der Waals surface area contributed by atoms with Crippen molar-refractivity contribution in [2.45, 2.75) is 6.61 Å². The molecule has 0 spiro atoms. The van der Waals surface area contributed by atoms with Crippen molar-refractivity contribution in [3.8, 4) is 11.8 Å². The quantitative estimate of drug-likeness (QED) is 0.197. The molecule has 0 aliphatic rings. The van der Waals surface area contributed by atoms with Gasteiger partial charge in [0.05, 0.1) is 4.92 Å². The van der Waals surface area contributed by atoms with Crippen molar-refractivity contribution in [1.29, 1.82) is 5.26 Å². The van der Waals surface area contributed by atoms with E-state index in [9.17, 15) is 20.2 Å². The zero-order valence-corrected chi connectivity index (χ0v) is 17.9. The molecule has 3 aromatic carbocycles. The molecule has 0 aromatic heterocycles. The maximum Gasteiger partial charge on any atom is 0.289 e. The van der Waals surface area contributed by atoms with Crippen molar-refractivity contribution >= 4 is 46.6 Å². The van der Waals surface area contributed by atoms with E-state index in [1.54, 1.807) is 36.4 Å². The number of nitriles is 1. The summed E-state index contributed by atoms with van der Waals surface area (Å²) in [6.45, 7) is 0.367. The van der Waals surface area contributed by atoms with Crippen LogP contribution in [-0.4, -0.2) is 10.8 Å². The van der Waals surface area contributed by atoms with Gasteiger partial charge in [0.15, 0.2) is 0 Å². The van der Waals surface area contributed by atoms with Crippen LogP contribution in [0.1, 0.15) is 11.1 Å². The number of nitrogens with one attached hydrogen (secondary N) is 1. The molecule has 160 valence electrons. The smallest absolute Gasteiger partial charge is 0.289 e. The molecule has 7 nitrogen and oxygen atoms in total. The van der Waals surface area contributed by atoms with Crippen LogP contribution >= 0.6 is 23.2 Å². The first kappa shape index (κ1) is 22.8. The van der Waals surface area contributed by atoms with E-state index >= 15 is 0 Å². The van der Waals surface area contributed by atoms with Crippen LogP contribution in [0.15, 0.2) is 72.3 Å². The molecule has 3 rings (SSSR count). The van der Waals surface area contributed by atoms with Gasteiger partial charge in [0, 0.05) is 16.8 Å². The molecule has 0 saturated carbocycles. The third-order valence-corrected chi connectivity index (χ3v) is 4.85. The molecule has 3 aromatic rings. The molecule has 1 amide bonds. The number of ether oxygens (including phenoxy) is 1. The van der Waals surface area contributed by atoms with E-state index in [-0.39, 0.29) is 22.0 Å². The Bertz CT molecular complexity index is 1220. The summed E-state index contributed by atoms with van der Waals surface area (Å²) in [5.41, 5.74) is 1.21. The summed E-state index contributed by atoms with van der Waals surface area (Å²) in [4.78, 5) is 22.8. The number of nitrogens with zero attached hydrogens (tertiary/aromatic N) is 2. The first-order chi connectivity index (χ1) is 15.4. The number of amides is 1. The summed E-state index contributed by atoms with van der Waals surface area (Å²) < 4.78 is 5.71. The van der Waals surface area contributed by atoms with E-state index in [4.69, 9.17) is 27.9 Å². The molecule has 0 aliphatic carbocycles. The Kier molecular flexibility index (Phi) is 7.45. The molecule has 0 fully saturated rings. The van der Waals surface area contributed by atoms with Crippen LogP contribution in [0.5, 0.6) is 5.75 Å². The minimum atomic E-state index is -0.702. The highest BCUT2D eigenvalue weighted by Crippen LogP contribution is 2.27. The number of hydrogen-bond acceptors (Lipinski definition) is 5. The second-order valence-electron chi connectivity index (χ2n) is 6.53. The highest BCUT2D eigenvalue weighted by molar-refractivity contribution is 6.32. The standard InChI is InChI=1S/C23H15Cl2N3O4/c24-18-5-1-16(2-6-18)14-32-20-8-3-15(4-9-20)11-17(13-26)23(29)27-19-7-10-21(25)22(12-19)28(30)31/h1-12H,14H2,(H,27,29)/b17-11+. The van der Waals surface area contributed by atoms with Crippen LogP contribution in [0, 0.1) is 21.4 Å². The first-order valence-electron chi connectivity index (χ1n) is 9.20. The predicted octanol–water partition coefficient (Wildman–Crippen LogP) is 6.03. The molecule has 0 bridgehead atoms. The second kappa shape index (κ2) is 10.4. The number of benzene rings is 3. The van der Waals surface area contributed by atoms with E-state index in [0.717, 1.165) is 11.6 Å². The summed E-state index contributed by atoms with van der Waals surface area (Å²) in [5, 5.41) is 23.4. The van der Waals surface area contributed by atoms with Gasteiger partial charge in [-0.2, -0.15) is 5.26 Å². The largest absolute Gasteiger partial charge is 0.489 e. The average Bonchev–Trinajstić information content (AvgIpc) is 2.79. The number of halogens is 2. The first-order valence-corrected chi connectivity index (χ1v) is 9.95. The van der Waals surface area contributed by atoms with Gasteiger partial charge >= 0.3 is 0 Å². The SMILES string of the molecule is N#C/C(=C\c1ccc(OCc2ccc(Cl)cc2)cc1)C(=O)Nc1ccc(Cl)c([N+](=O)[O-])c1. The molecule has 0 aliphatic heterocycles. The minimum absolute atomic E-state index is 0.0533. The number of carbonyl (C=O) groups excluding carboxylic acids is 1. The van der Waals surface area contributed by atoms with Crippen molar-refractivity contribution in [2.24, 2.45) is 0 Å². The summed E-state index contributed by atoms with van der Waals surface area (Å²) in [6.07, 6.45) is 1.41. The van der Waals surface area contributed by atoms with Crippen LogP contribution < -0.4 is 10.1 Å². The fourth-order valence-electron chi connectivity index (χ4n) is 2.65. The third-order valence-electron chi connectivity index (χ3n) is 4.28. The Morgan fingerprint density at radius 3 is 2.41 bits per heavy atom. The Balaban J connectivity index is 1.67. The monoisotopic (exact) mass is 467 g/mol. The van der Waals surface area contributed by atoms with Gasteiger partial charge in [-0.1, -0.05) is 47.5 Å². The summed E-state index contributed by atoms with van der Waals surface area (Å²) >= 11 is 11.6. The highest BCUT2D eigenvalue weighted by Gasteiger charge is 2.15. The minimum Gasteiger partial charge on any atom is -0.489 e. The van der Waals surface area contributed by atoms with Gasteiger partial charge in [-0.15, -0.1) is 0 Å². The van der Waals surface area contributed by atoms with Crippen LogP contribution in [0.25, 0.3) is 6.08 Å². The van der Waals surface area contributed by atoms with Crippen molar-refractivity contribution in [3.63, 3.8) is 0 Å². The van der Waals surface area contributed by atoms with Crippen molar-refractivity contribution < 1.29 is 14.5 Å². The van der Waals surface area contributed by atoms with Gasteiger partial charge in [0.1, 0.15) is 29.0 Å². The Hall–Kier alpha value is -3.86. The van der Waals surface area contributed by atoms with Crippen LogP contribution in [0.2, 0.25) is 10.0 Å². The summed E-state index contributed by atoms with van der Waals surface area (Å²) in [5.74, 6) is -0.0827. The summed E-state index contributed by atoms with van der Waals surface area (Å²) in [6, 6.07) is 19.8. The number of carbonyl (C=O) groups is 1. The molecule has 0 radical (unpaired) electrons. The zero-order chi connectivity index (χ0) is 23.1. The van der Waals surface area contributed by atoms with Gasteiger partial charge in [-0.05, 0) is 53.6 Å². The van der Waals surface area contributed by atoms with Crippen LogP contribution in [0.4, 0.5) is 11.4 Å². The highest BCUT2D eigenvalue weighted by atomic mass is 35.5. The summed E-state index contributed by atoms with van der Waals surface area (Å²) in [7, 11) is 0. The van der Waals surface area contributed by atoms with Crippen LogP contribution in [0.3, 0.4) is 0 Å². The molecule has 9 heteroatoms. The average molecular weight is 468 g/mol. The van der Waals surface area contributed by atoms with Crippen molar-refractivity contribution in [3.05, 3.63) is 104 Å². The second-order valence-corrected chi connectivity index (χ2v) is 7.38. The third kappa shape index (κ3) is 6.08. The molecule has 0 saturated heterocycles. The lowest BCUT2D eigenvalue weighted by atomic mass is 10.1. The van der Waals surface area contributed by atoms with Gasteiger partial charge in [0.2, 0.25) is 0 Å². The fraction of sp³-hybridized carbons (Fsp3) is 0.0435. The topological polar surface area (TPSA) is 105 Å². The maximum absolute atomic E-state index is 12.4. The van der Waals surface area contributed by atoms with Gasteiger partial charge in [0.25, 0.3) is 11.6 Å². The molecule has 1 N–H and O–H groups in total. The van der Waals surface area contributed by atoms with E-state index in [0.29, 0.717) is 22.9 Å². The van der Waals surface area contributed by atoms with Crippen LogP contribution in [-0.2, 0) is 11.4 Å². The molecular weight excluding hydrogens is 453 g/mol. The lowest BCUT2D eigenvalue weighted by molar-refractivity contribution is -0.384. The van der Waals surface area contributed by atoms with E-state index < -0.39 is 10.8 Å². The number of anilines is 1. The molecule has 0 heterocycles. The molecular formula is C23H15Cl2N3O4. The number of nitro benzene ring substituents is 1.